The van der Waals surface area contributed by atoms with E-state index >= 15 is 0 Å². The molecule has 0 radical (unpaired) electrons. The number of carbonyl (C=O) groups excluding carboxylic acids is 1. The smallest absolute Gasteiger partial charge is 0.232 e. The lowest BCUT2D eigenvalue weighted by Gasteiger charge is -2.40. The molecule has 2 saturated heterocycles. The Kier molecular flexibility index (Phi) is 4.53. The first kappa shape index (κ1) is 17.2. The highest BCUT2D eigenvalue weighted by atomic mass is 16.5. The first-order valence-corrected chi connectivity index (χ1v) is 9.36. The largest absolute Gasteiger partial charge is 0.341 e. The lowest BCUT2D eigenvalue weighted by molar-refractivity contribution is -0.130. The lowest BCUT2D eigenvalue weighted by atomic mass is 9.71. The molecule has 1 spiro atoms. The fourth-order valence-corrected chi connectivity index (χ4v) is 4.41. The van der Waals surface area contributed by atoms with E-state index in [9.17, 15) is 4.79 Å². The second-order valence-corrected chi connectivity index (χ2v) is 7.83. The molecule has 0 bridgehead atoms. The van der Waals surface area contributed by atoms with Crippen molar-refractivity contribution in [2.75, 3.05) is 33.2 Å². The third-order valence-corrected chi connectivity index (χ3v) is 6.02. The first-order valence-electron chi connectivity index (χ1n) is 9.36. The monoisotopic (exact) mass is 354 g/mol. The molecular weight excluding hydrogens is 328 g/mol. The van der Waals surface area contributed by atoms with Gasteiger partial charge in [0.25, 0.3) is 0 Å². The predicted octanol–water partition coefficient (Wildman–Crippen LogP) is 2.26. The van der Waals surface area contributed by atoms with Gasteiger partial charge in [0, 0.05) is 18.5 Å². The summed E-state index contributed by atoms with van der Waals surface area (Å²) in [6.45, 7) is 5.41. The lowest BCUT2D eigenvalue weighted by Crippen LogP contribution is -2.42. The zero-order chi connectivity index (χ0) is 18.1. The Hall–Kier alpha value is -2.21. The third kappa shape index (κ3) is 3.26. The van der Waals surface area contributed by atoms with Gasteiger partial charge in [-0.3, -0.25) is 4.79 Å². The van der Waals surface area contributed by atoms with Crippen LogP contribution in [0.15, 0.2) is 34.9 Å². The van der Waals surface area contributed by atoms with E-state index in [0.29, 0.717) is 24.7 Å². The number of hydrogen-bond acceptors (Lipinski definition) is 5. The van der Waals surface area contributed by atoms with Crippen LogP contribution in [0.4, 0.5) is 0 Å². The van der Waals surface area contributed by atoms with Crippen molar-refractivity contribution in [2.24, 2.45) is 5.41 Å². The first-order chi connectivity index (χ1) is 12.6. The van der Waals surface area contributed by atoms with Crippen molar-refractivity contribution in [3.8, 4) is 0 Å². The van der Waals surface area contributed by atoms with Crippen molar-refractivity contribution >= 4 is 5.91 Å². The van der Waals surface area contributed by atoms with Gasteiger partial charge in [0.2, 0.25) is 11.8 Å². The molecule has 2 fully saturated rings. The molecule has 3 heterocycles. The number of aromatic nitrogens is 2. The Balaban J connectivity index is 1.56. The number of likely N-dealkylation sites (tertiary alicyclic amines) is 2. The molecule has 2 aliphatic rings. The third-order valence-electron chi connectivity index (χ3n) is 6.02. The SMILES string of the molecule is Cc1noc([C@@H]2CN(C(=O)Cc3ccccc3)CC23CCN(C)CC3)n1. The molecule has 0 aliphatic carbocycles. The van der Waals surface area contributed by atoms with Crippen LogP contribution in [0, 0.1) is 12.3 Å². The van der Waals surface area contributed by atoms with Crippen LogP contribution in [0.3, 0.4) is 0 Å². The number of rotatable bonds is 3. The van der Waals surface area contributed by atoms with E-state index in [0.717, 1.165) is 38.0 Å². The Bertz CT molecular complexity index is 765. The molecule has 138 valence electrons. The summed E-state index contributed by atoms with van der Waals surface area (Å²) in [6.07, 6.45) is 2.57. The van der Waals surface area contributed by atoms with Gasteiger partial charge >= 0.3 is 0 Å². The zero-order valence-corrected chi connectivity index (χ0v) is 15.5. The summed E-state index contributed by atoms with van der Waals surface area (Å²) in [5.41, 5.74) is 1.12. The van der Waals surface area contributed by atoms with Gasteiger partial charge < -0.3 is 14.3 Å². The quantitative estimate of drug-likeness (QED) is 0.846. The normalized spacial score (nSPS) is 22.8. The molecule has 26 heavy (non-hydrogen) atoms. The molecule has 1 aromatic heterocycles. The molecule has 0 N–H and O–H groups in total. The van der Waals surface area contributed by atoms with E-state index in [1.54, 1.807) is 0 Å². The fourth-order valence-electron chi connectivity index (χ4n) is 4.41. The van der Waals surface area contributed by atoms with Gasteiger partial charge in [0.05, 0.1) is 12.3 Å². The van der Waals surface area contributed by atoms with Gasteiger partial charge in [-0.25, -0.2) is 0 Å². The second-order valence-electron chi connectivity index (χ2n) is 7.83. The molecule has 0 unspecified atom stereocenters. The molecule has 1 aromatic carbocycles. The van der Waals surface area contributed by atoms with Crippen LogP contribution in [0.1, 0.15) is 36.0 Å². The van der Waals surface area contributed by atoms with Gasteiger partial charge in [-0.15, -0.1) is 0 Å². The number of aryl methyl sites for hydroxylation is 1. The predicted molar refractivity (Wildman–Crippen MR) is 97.7 cm³/mol. The Morgan fingerprint density at radius 2 is 2.00 bits per heavy atom. The molecule has 1 amide bonds. The molecule has 4 rings (SSSR count). The number of carbonyl (C=O) groups is 1. The van der Waals surface area contributed by atoms with E-state index < -0.39 is 0 Å². The summed E-state index contributed by atoms with van der Waals surface area (Å²) in [6, 6.07) is 9.96. The molecule has 6 heteroatoms. The summed E-state index contributed by atoms with van der Waals surface area (Å²) in [7, 11) is 2.16. The van der Waals surface area contributed by atoms with Crippen molar-refractivity contribution < 1.29 is 9.32 Å². The molecule has 0 saturated carbocycles. The second kappa shape index (κ2) is 6.83. The fraction of sp³-hybridized carbons (Fsp3) is 0.550. The maximum atomic E-state index is 12.9. The number of benzene rings is 1. The van der Waals surface area contributed by atoms with E-state index in [-0.39, 0.29) is 17.2 Å². The van der Waals surface area contributed by atoms with Crippen molar-refractivity contribution in [2.45, 2.75) is 32.1 Å². The van der Waals surface area contributed by atoms with Gasteiger partial charge in [0.1, 0.15) is 0 Å². The molecular formula is C20H26N4O2. The highest BCUT2D eigenvalue weighted by Crippen LogP contribution is 2.49. The zero-order valence-electron chi connectivity index (χ0n) is 15.5. The van der Waals surface area contributed by atoms with Crippen molar-refractivity contribution in [3.05, 3.63) is 47.6 Å². The maximum Gasteiger partial charge on any atom is 0.232 e. The Morgan fingerprint density at radius 1 is 1.27 bits per heavy atom. The molecule has 2 aliphatic heterocycles. The van der Waals surface area contributed by atoms with E-state index in [1.165, 1.54) is 0 Å². The Morgan fingerprint density at radius 3 is 2.65 bits per heavy atom. The summed E-state index contributed by atoms with van der Waals surface area (Å²) >= 11 is 0. The van der Waals surface area contributed by atoms with Gasteiger partial charge in [-0.05, 0) is 45.5 Å². The Labute approximate surface area is 154 Å². The highest BCUT2D eigenvalue weighted by Gasteiger charge is 2.51. The van der Waals surface area contributed by atoms with Crippen LogP contribution in [-0.4, -0.2) is 59.1 Å². The summed E-state index contributed by atoms with van der Waals surface area (Å²) in [5.74, 6) is 1.68. The van der Waals surface area contributed by atoms with Crippen molar-refractivity contribution in [3.63, 3.8) is 0 Å². The van der Waals surface area contributed by atoms with Gasteiger partial charge in [0.15, 0.2) is 5.82 Å². The molecule has 2 aromatic rings. The summed E-state index contributed by atoms with van der Waals surface area (Å²) < 4.78 is 5.54. The minimum Gasteiger partial charge on any atom is -0.341 e. The van der Waals surface area contributed by atoms with Gasteiger partial charge in [-0.1, -0.05) is 35.5 Å². The number of nitrogens with zero attached hydrogens (tertiary/aromatic N) is 4. The van der Waals surface area contributed by atoms with E-state index in [2.05, 4.69) is 22.1 Å². The summed E-state index contributed by atoms with van der Waals surface area (Å²) in [4.78, 5) is 21.8. The van der Waals surface area contributed by atoms with Crippen molar-refractivity contribution in [1.29, 1.82) is 0 Å². The summed E-state index contributed by atoms with van der Waals surface area (Å²) in [5, 5.41) is 3.99. The molecule has 1 atom stereocenters. The molecule has 6 nitrogen and oxygen atoms in total. The van der Waals surface area contributed by atoms with E-state index in [4.69, 9.17) is 4.52 Å². The maximum absolute atomic E-state index is 12.9. The van der Waals surface area contributed by atoms with E-state index in [1.807, 2.05) is 42.2 Å². The van der Waals surface area contributed by atoms with Gasteiger partial charge in [-0.2, -0.15) is 4.98 Å². The number of amides is 1. The van der Waals surface area contributed by atoms with Crippen LogP contribution >= 0.6 is 0 Å². The minimum absolute atomic E-state index is 0.0534. The standard InChI is InChI=1S/C20H26N4O2/c1-15-21-19(26-22-15)17-13-24(14-20(17)8-10-23(2)11-9-20)18(25)12-16-6-4-3-5-7-16/h3-7,17H,8-14H2,1-2H3/t17-/m0/s1. The average Bonchev–Trinajstić information content (AvgIpc) is 3.23. The number of piperidine rings is 1. The minimum atomic E-state index is 0.0534. The van der Waals surface area contributed by atoms with Crippen LogP contribution in [0.25, 0.3) is 0 Å². The van der Waals surface area contributed by atoms with Crippen LogP contribution in [-0.2, 0) is 11.2 Å². The van der Waals surface area contributed by atoms with Crippen LogP contribution < -0.4 is 0 Å². The van der Waals surface area contributed by atoms with Crippen molar-refractivity contribution in [1.82, 2.24) is 19.9 Å². The average molecular weight is 354 g/mol. The topological polar surface area (TPSA) is 62.5 Å². The van der Waals surface area contributed by atoms with Crippen LogP contribution in [0.2, 0.25) is 0 Å². The van der Waals surface area contributed by atoms with Crippen LogP contribution in [0.5, 0.6) is 0 Å². The highest BCUT2D eigenvalue weighted by molar-refractivity contribution is 5.79. The number of hydrogen-bond donors (Lipinski definition) is 0.